The maximum Gasteiger partial charge on any atom is 0.416 e. The first-order chi connectivity index (χ1) is 16.6. The molecule has 7 nitrogen and oxygen atoms in total. The molecule has 0 bridgehead atoms. The Bertz CT molecular complexity index is 1350. The van der Waals surface area contributed by atoms with Crippen molar-refractivity contribution in [3.8, 4) is 0 Å². The van der Waals surface area contributed by atoms with E-state index in [1.54, 1.807) is 12.3 Å². The van der Waals surface area contributed by atoms with E-state index in [9.17, 15) is 18.0 Å². The van der Waals surface area contributed by atoms with Crippen molar-refractivity contribution in [3.63, 3.8) is 0 Å². The maximum absolute atomic E-state index is 13.2. The molecule has 35 heavy (non-hydrogen) atoms. The number of carbonyl (C=O) groups excluding carboxylic acids is 1. The van der Waals surface area contributed by atoms with Crippen LogP contribution < -0.4 is 10.6 Å². The molecule has 3 atom stereocenters. The Balaban J connectivity index is 1.28. The summed E-state index contributed by atoms with van der Waals surface area (Å²) in [6, 6.07) is 2.67. The van der Waals surface area contributed by atoms with E-state index >= 15 is 0 Å². The molecule has 182 valence electrons. The molecule has 2 aromatic heterocycles. The third-order valence-corrected chi connectivity index (χ3v) is 7.47. The van der Waals surface area contributed by atoms with E-state index in [1.165, 1.54) is 17.8 Å². The number of hydrogen-bond acceptors (Lipinski definition) is 7. The lowest BCUT2D eigenvalue weighted by molar-refractivity contribution is -0.118. The number of aliphatic imine (C=N–C) groups is 1. The third kappa shape index (κ3) is 3.91. The van der Waals surface area contributed by atoms with Crippen molar-refractivity contribution in [3.05, 3.63) is 64.7 Å². The topological polar surface area (TPSA) is 95.3 Å². The van der Waals surface area contributed by atoms with Gasteiger partial charge in [0.05, 0.1) is 23.6 Å². The van der Waals surface area contributed by atoms with Gasteiger partial charge in [-0.3, -0.25) is 14.9 Å². The molecule has 4 heterocycles. The number of alkyl halides is 3. The van der Waals surface area contributed by atoms with Gasteiger partial charge >= 0.3 is 6.18 Å². The van der Waals surface area contributed by atoms with E-state index in [-0.39, 0.29) is 23.2 Å². The second-order valence-electron chi connectivity index (χ2n) is 9.91. The minimum absolute atomic E-state index is 0.0798. The number of fused-ring (bicyclic) bond motifs is 2. The predicted octanol–water partition coefficient (Wildman–Crippen LogP) is 5.05. The minimum Gasteiger partial charge on any atom is -0.453 e. The first-order valence-electron chi connectivity index (χ1n) is 11.2. The second-order valence-corrected chi connectivity index (χ2v) is 10.9. The number of rotatable bonds is 2. The number of amidine groups is 1. The lowest BCUT2D eigenvalue weighted by Crippen LogP contribution is -2.33. The Kier molecular flexibility index (Phi) is 4.86. The monoisotopic (exact) mass is 501 g/mol. The van der Waals surface area contributed by atoms with E-state index in [0.717, 1.165) is 29.8 Å². The number of nitrogens with zero attached hydrogens (tertiary/aromatic N) is 2. The zero-order chi connectivity index (χ0) is 24.5. The number of aromatic nitrogens is 2. The van der Waals surface area contributed by atoms with Gasteiger partial charge in [0, 0.05) is 29.5 Å². The Morgan fingerprint density at radius 1 is 1.23 bits per heavy atom. The van der Waals surface area contributed by atoms with E-state index in [1.807, 2.05) is 6.07 Å². The van der Waals surface area contributed by atoms with Gasteiger partial charge < -0.3 is 15.1 Å². The number of aromatic amines is 1. The zero-order valence-corrected chi connectivity index (χ0v) is 19.7. The van der Waals surface area contributed by atoms with Crippen molar-refractivity contribution in [1.29, 1.82) is 0 Å². The lowest BCUT2D eigenvalue weighted by atomic mass is 9.70. The van der Waals surface area contributed by atoms with Gasteiger partial charge in [-0.05, 0) is 41.8 Å². The quantitative estimate of drug-likeness (QED) is 0.533. The first-order valence-corrected chi connectivity index (χ1v) is 12.1. The average molecular weight is 502 g/mol. The highest BCUT2D eigenvalue weighted by molar-refractivity contribution is 8.13. The smallest absolute Gasteiger partial charge is 0.416 e. The molecule has 0 saturated carbocycles. The molecule has 0 radical (unpaired) electrons. The van der Waals surface area contributed by atoms with Crippen LogP contribution in [0.2, 0.25) is 0 Å². The number of carbonyl (C=O) groups is 1. The molecule has 3 unspecified atom stereocenters. The van der Waals surface area contributed by atoms with Crippen LogP contribution in [0, 0.1) is 5.41 Å². The summed E-state index contributed by atoms with van der Waals surface area (Å²) in [6.07, 6.45) is 2.24. The van der Waals surface area contributed by atoms with Crippen molar-refractivity contribution >= 4 is 28.5 Å². The number of anilines is 1. The summed E-state index contributed by atoms with van der Waals surface area (Å²) < 4.78 is 45.3. The highest BCUT2D eigenvalue weighted by atomic mass is 32.2. The van der Waals surface area contributed by atoms with Gasteiger partial charge in [0.15, 0.2) is 21.9 Å². The van der Waals surface area contributed by atoms with Crippen LogP contribution in [-0.2, 0) is 4.79 Å². The molecule has 0 saturated heterocycles. The Labute approximate surface area is 203 Å². The maximum atomic E-state index is 13.2. The minimum atomic E-state index is -4.40. The summed E-state index contributed by atoms with van der Waals surface area (Å²) in [5, 5.41) is 14.7. The Morgan fingerprint density at radius 2 is 2.06 bits per heavy atom. The normalized spacial score (nSPS) is 26.9. The fourth-order valence-corrected chi connectivity index (χ4v) is 5.94. The van der Waals surface area contributed by atoms with Gasteiger partial charge in [0.25, 0.3) is 0 Å². The number of hydrogen-bond donors (Lipinski definition) is 3. The average Bonchev–Trinajstić information content (AvgIpc) is 3.49. The third-order valence-electron chi connectivity index (χ3n) is 6.63. The van der Waals surface area contributed by atoms with E-state index in [4.69, 9.17) is 4.42 Å². The summed E-state index contributed by atoms with van der Waals surface area (Å²) in [5.74, 6) is 0.970. The number of halogens is 3. The summed E-state index contributed by atoms with van der Waals surface area (Å²) in [5.41, 5.74) is 1.55. The van der Waals surface area contributed by atoms with Gasteiger partial charge in [0.2, 0.25) is 0 Å². The molecule has 11 heteroatoms. The van der Waals surface area contributed by atoms with Gasteiger partial charge in [-0.1, -0.05) is 26.0 Å². The zero-order valence-electron chi connectivity index (χ0n) is 18.9. The molecule has 3 N–H and O–H groups in total. The number of thioether (sulfide) groups is 1. The lowest BCUT2D eigenvalue weighted by Gasteiger charge is -2.37. The highest BCUT2D eigenvalue weighted by Gasteiger charge is 2.43. The second kappa shape index (κ2) is 7.64. The molecule has 0 spiro atoms. The summed E-state index contributed by atoms with van der Waals surface area (Å²) >= 11 is 1.21. The standard InChI is InChI=1S/C24H22F3N5O2S/c1-23(2)8-15-20(16(33)9-23)19(12-10-28-32-21(12)29-15)17-5-6-18(34-17)35-22-30-13-4-3-11(24(25,26)27)7-14(13)31-22/h3-7,10,13-14,19H,8-9H2,1-2H3,(H,30,31)(H2,28,29,32). The number of allylic oxidation sites excluding steroid dienone is 4. The van der Waals surface area contributed by atoms with Crippen molar-refractivity contribution in [2.24, 2.45) is 10.4 Å². The predicted molar refractivity (Wildman–Crippen MR) is 125 cm³/mol. The van der Waals surface area contributed by atoms with Crippen LogP contribution in [0.1, 0.15) is 43.9 Å². The summed E-state index contributed by atoms with van der Waals surface area (Å²) in [7, 11) is 0. The van der Waals surface area contributed by atoms with Crippen LogP contribution >= 0.6 is 11.8 Å². The van der Waals surface area contributed by atoms with Crippen LogP contribution in [-0.4, -0.2) is 39.4 Å². The largest absolute Gasteiger partial charge is 0.453 e. The van der Waals surface area contributed by atoms with Crippen molar-refractivity contribution in [2.45, 2.75) is 56.0 Å². The molecule has 6 rings (SSSR count). The van der Waals surface area contributed by atoms with Crippen LogP contribution in [0.15, 0.2) is 67.9 Å². The van der Waals surface area contributed by atoms with Gasteiger partial charge in [0.1, 0.15) is 5.76 Å². The van der Waals surface area contributed by atoms with E-state index in [0.29, 0.717) is 33.8 Å². The van der Waals surface area contributed by atoms with Crippen LogP contribution in [0.4, 0.5) is 19.0 Å². The molecule has 0 amide bonds. The molecule has 2 aromatic rings. The molecule has 0 aromatic carbocycles. The molecular formula is C24H22F3N5O2S. The number of H-pyrrole nitrogens is 1. The number of furan rings is 1. The SMILES string of the molecule is CC1(C)CC(=O)C2=C(C1)Nc1n[nH]cc1C2c1ccc(SC2=NC3C=C(C(F)(F)F)C=CC3N2)o1. The molecule has 2 aliphatic heterocycles. The van der Waals surface area contributed by atoms with Gasteiger partial charge in [-0.15, -0.1) is 0 Å². The highest BCUT2D eigenvalue weighted by Crippen LogP contribution is 2.49. The summed E-state index contributed by atoms with van der Waals surface area (Å²) in [4.78, 5) is 17.6. The summed E-state index contributed by atoms with van der Waals surface area (Å²) in [6.45, 7) is 4.14. The Hall–Kier alpha value is -3.21. The number of nitrogens with one attached hydrogen (secondary N) is 3. The fourth-order valence-electron chi connectivity index (χ4n) is 5.11. The van der Waals surface area contributed by atoms with E-state index < -0.39 is 17.8 Å². The van der Waals surface area contributed by atoms with Crippen molar-refractivity contribution < 1.29 is 22.4 Å². The van der Waals surface area contributed by atoms with Crippen LogP contribution in [0.3, 0.4) is 0 Å². The fraction of sp³-hybridized carbons (Fsp3) is 0.375. The van der Waals surface area contributed by atoms with Crippen LogP contribution in [0.5, 0.6) is 0 Å². The van der Waals surface area contributed by atoms with Crippen molar-refractivity contribution in [1.82, 2.24) is 15.5 Å². The first kappa shape index (κ1) is 22.3. The molecular weight excluding hydrogens is 479 g/mol. The number of ketones is 1. The molecule has 2 aliphatic carbocycles. The van der Waals surface area contributed by atoms with Gasteiger partial charge in [-0.2, -0.15) is 18.3 Å². The number of Topliss-reactive ketones (excluding diaryl/α,β-unsaturated/α-hetero) is 1. The Morgan fingerprint density at radius 3 is 2.86 bits per heavy atom. The van der Waals surface area contributed by atoms with E-state index in [2.05, 4.69) is 39.7 Å². The van der Waals surface area contributed by atoms with Crippen LogP contribution in [0.25, 0.3) is 0 Å². The molecule has 0 fully saturated rings. The molecule has 4 aliphatic rings. The van der Waals surface area contributed by atoms with Gasteiger partial charge in [-0.25, -0.2) is 0 Å². The van der Waals surface area contributed by atoms with Crippen molar-refractivity contribution in [2.75, 3.05) is 5.32 Å².